The van der Waals surface area contributed by atoms with Crippen molar-refractivity contribution in [2.75, 3.05) is 23.3 Å². The van der Waals surface area contributed by atoms with Crippen LogP contribution in [-0.2, 0) is 21.0 Å². The number of aryl methyl sites for hydroxylation is 1. The molecule has 0 spiro atoms. The highest BCUT2D eigenvalue weighted by atomic mass is 32.2. The number of para-hydroxylation sites is 1. The van der Waals surface area contributed by atoms with Gasteiger partial charge in [0.05, 0.1) is 18.4 Å². The number of methoxy groups -OCH3 is 1. The average Bonchev–Trinajstić information content (AvgIpc) is 2.79. The molecule has 0 bridgehead atoms. The number of halogens is 5. The first-order valence-electron chi connectivity index (χ1n) is 9.93. The van der Waals surface area contributed by atoms with Gasteiger partial charge in [-0.1, -0.05) is 18.2 Å². The summed E-state index contributed by atoms with van der Waals surface area (Å²) in [6, 6.07) is 10.3. The largest absolute Gasteiger partial charge is 0.495 e. The van der Waals surface area contributed by atoms with Gasteiger partial charge in [0.15, 0.2) is 0 Å². The van der Waals surface area contributed by atoms with Crippen molar-refractivity contribution in [1.29, 1.82) is 0 Å². The molecule has 35 heavy (non-hydrogen) atoms. The van der Waals surface area contributed by atoms with E-state index in [1.165, 1.54) is 19.2 Å². The van der Waals surface area contributed by atoms with Crippen molar-refractivity contribution >= 4 is 27.3 Å². The van der Waals surface area contributed by atoms with Crippen molar-refractivity contribution in [3.8, 4) is 5.75 Å². The van der Waals surface area contributed by atoms with E-state index in [-0.39, 0.29) is 5.75 Å². The second-order valence-corrected chi connectivity index (χ2v) is 9.19. The summed E-state index contributed by atoms with van der Waals surface area (Å²) in [5.74, 6) is -3.55. The first-order valence-corrected chi connectivity index (χ1v) is 11.4. The molecule has 1 N–H and O–H groups in total. The third-order valence-electron chi connectivity index (χ3n) is 4.86. The van der Waals surface area contributed by atoms with Gasteiger partial charge in [-0.3, -0.25) is 9.10 Å². The number of anilines is 2. The molecule has 0 heterocycles. The number of hydrogen-bond acceptors (Lipinski definition) is 4. The number of sulfonamides is 1. The summed E-state index contributed by atoms with van der Waals surface area (Å²) in [4.78, 5) is 12.3. The van der Waals surface area contributed by atoms with Crippen LogP contribution in [0.2, 0.25) is 0 Å². The molecule has 1 amide bonds. The van der Waals surface area contributed by atoms with E-state index in [4.69, 9.17) is 4.74 Å². The Morgan fingerprint density at radius 1 is 1.00 bits per heavy atom. The van der Waals surface area contributed by atoms with Crippen molar-refractivity contribution < 1.29 is 39.9 Å². The first kappa shape index (κ1) is 25.9. The molecule has 3 aromatic rings. The topological polar surface area (TPSA) is 75.7 Å². The van der Waals surface area contributed by atoms with E-state index in [1.807, 2.05) is 5.32 Å². The van der Waals surface area contributed by atoms with Crippen LogP contribution in [-0.4, -0.2) is 28.0 Å². The summed E-state index contributed by atoms with van der Waals surface area (Å²) in [5, 5.41) is 1.94. The Balaban J connectivity index is 2.11. The predicted molar refractivity (Wildman–Crippen MR) is 119 cm³/mol. The highest BCUT2D eigenvalue weighted by Crippen LogP contribution is 2.35. The van der Waals surface area contributed by atoms with E-state index in [0.717, 1.165) is 36.4 Å². The standard InChI is InChI=1S/C23H19F5N2O4S/c1-14-9-10-19(34-2)20(11-14)35(32,33)30(16-6-3-5-15(12-16)23(26,27)28)13-21(31)29-22-17(24)7-4-8-18(22)25/h3-12H,13H2,1-2H3,(H,29,31). The number of amides is 1. The number of hydrogen-bond donors (Lipinski definition) is 1. The van der Waals surface area contributed by atoms with Crippen LogP contribution in [0.25, 0.3) is 0 Å². The molecule has 6 nitrogen and oxygen atoms in total. The van der Waals surface area contributed by atoms with Crippen molar-refractivity contribution in [3.05, 3.63) is 83.4 Å². The highest BCUT2D eigenvalue weighted by Gasteiger charge is 2.34. The summed E-state index contributed by atoms with van der Waals surface area (Å²) in [5.41, 5.74) is -1.99. The highest BCUT2D eigenvalue weighted by molar-refractivity contribution is 7.93. The molecule has 0 unspecified atom stereocenters. The van der Waals surface area contributed by atoms with Crippen molar-refractivity contribution in [2.24, 2.45) is 0 Å². The second-order valence-electron chi connectivity index (χ2n) is 7.36. The predicted octanol–water partition coefficient (Wildman–Crippen LogP) is 5.13. The number of nitrogens with one attached hydrogen (secondary N) is 1. The average molecular weight is 514 g/mol. The molecule has 0 fully saturated rings. The summed E-state index contributed by atoms with van der Waals surface area (Å²) in [6.45, 7) is 0.495. The van der Waals surface area contributed by atoms with Gasteiger partial charge in [0.1, 0.15) is 34.5 Å². The van der Waals surface area contributed by atoms with Crippen LogP contribution in [0.4, 0.5) is 33.3 Å². The summed E-state index contributed by atoms with van der Waals surface area (Å²) >= 11 is 0. The van der Waals surface area contributed by atoms with Gasteiger partial charge in [-0.2, -0.15) is 13.2 Å². The minimum Gasteiger partial charge on any atom is -0.495 e. The Morgan fingerprint density at radius 3 is 2.23 bits per heavy atom. The molecule has 12 heteroatoms. The second kappa shape index (κ2) is 9.90. The third-order valence-corrected chi connectivity index (χ3v) is 6.66. The summed E-state index contributed by atoms with van der Waals surface area (Å²) in [7, 11) is -3.50. The SMILES string of the molecule is COc1ccc(C)cc1S(=O)(=O)N(CC(=O)Nc1c(F)cccc1F)c1cccc(C(F)(F)F)c1. The van der Waals surface area contributed by atoms with Crippen LogP contribution >= 0.6 is 0 Å². The maximum atomic E-state index is 14.0. The summed E-state index contributed by atoms with van der Waals surface area (Å²) in [6.07, 6.45) is -4.80. The maximum absolute atomic E-state index is 14.0. The van der Waals surface area contributed by atoms with Gasteiger partial charge >= 0.3 is 6.18 Å². The van der Waals surface area contributed by atoms with Crippen molar-refractivity contribution in [2.45, 2.75) is 18.0 Å². The molecule has 0 saturated heterocycles. The summed E-state index contributed by atoms with van der Waals surface area (Å²) < 4.78 is 101. The van der Waals surface area contributed by atoms with Gasteiger partial charge in [-0.25, -0.2) is 17.2 Å². The van der Waals surface area contributed by atoms with Gasteiger partial charge in [-0.05, 0) is 55.0 Å². The Bertz CT molecular complexity index is 1340. The van der Waals surface area contributed by atoms with E-state index in [1.54, 1.807) is 13.0 Å². The van der Waals surface area contributed by atoms with Crippen LogP contribution < -0.4 is 14.4 Å². The zero-order chi connectivity index (χ0) is 26.0. The molecule has 186 valence electrons. The first-order chi connectivity index (χ1) is 16.3. The van der Waals surface area contributed by atoms with Gasteiger partial charge in [0.25, 0.3) is 10.0 Å². The van der Waals surface area contributed by atoms with Crippen LogP contribution in [0.1, 0.15) is 11.1 Å². The smallest absolute Gasteiger partial charge is 0.416 e. The molecule has 0 aliphatic carbocycles. The molecule has 0 radical (unpaired) electrons. The number of carbonyl (C=O) groups excluding carboxylic acids is 1. The fraction of sp³-hybridized carbons (Fsp3) is 0.174. The van der Waals surface area contributed by atoms with E-state index < -0.39 is 62.1 Å². The van der Waals surface area contributed by atoms with E-state index in [9.17, 15) is 35.2 Å². The number of alkyl halides is 3. The number of benzene rings is 3. The molecule has 0 atom stereocenters. The number of ether oxygens (including phenoxy) is 1. The number of rotatable bonds is 7. The van der Waals surface area contributed by atoms with Crippen LogP contribution in [0.5, 0.6) is 5.75 Å². The van der Waals surface area contributed by atoms with Gasteiger partial charge in [-0.15, -0.1) is 0 Å². The van der Waals surface area contributed by atoms with Crippen LogP contribution in [0.3, 0.4) is 0 Å². The molecule has 0 aliphatic heterocycles. The molecule has 0 aromatic heterocycles. The fourth-order valence-corrected chi connectivity index (χ4v) is 4.84. The van der Waals surface area contributed by atoms with Crippen molar-refractivity contribution in [3.63, 3.8) is 0 Å². The van der Waals surface area contributed by atoms with E-state index in [0.29, 0.717) is 15.9 Å². The lowest BCUT2D eigenvalue weighted by Crippen LogP contribution is -2.38. The Morgan fingerprint density at radius 2 is 1.63 bits per heavy atom. The quantitative estimate of drug-likeness (QED) is 0.444. The molecular formula is C23H19F5N2O4S. The Labute approximate surface area is 198 Å². The van der Waals surface area contributed by atoms with Gasteiger partial charge in [0, 0.05) is 0 Å². The lowest BCUT2D eigenvalue weighted by molar-refractivity contribution is -0.137. The molecule has 3 rings (SSSR count). The van der Waals surface area contributed by atoms with Crippen LogP contribution in [0, 0.1) is 18.6 Å². The minimum absolute atomic E-state index is 0.117. The van der Waals surface area contributed by atoms with E-state index >= 15 is 0 Å². The molecule has 0 aliphatic rings. The number of nitrogens with zero attached hydrogens (tertiary/aromatic N) is 1. The van der Waals surface area contributed by atoms with Gasteiger partial charge in [0.2, 0.25) is 5.91 Å². The molecule has 3 aromatic carbocycles. The maximum Gasteiger partial charge on any atom is 0.416 e. The Kier molecular flexibility index (Phi) is 7.34. The van der Waals surface area contributed by atoms with E-state index in [2.05, 4.69) is 0 Å². The monoisotopic (exact) mass is 514 g/mol. The number of carbonyl (C=O) groups is 1. The third kappa shape index (κ3) is 5.70. The molecule has 0 saturated carbocycles. The minimum atomic E-state index is -4.80. The lowest BCUT2D eigenvalue weighted by atomic mass is 10.2. The molecular weight excluding hydrogens is 495 g/mol. The zero-order valence-electron chi connectivity index (χ0n) is 18.4. The fourth-order valence-electron chi connectivity index (χ4n) is 3.18. The zero-order valence-corrected chi connectivity index (χ0v) is 19.2. The van der Waals surface area contributed by atoms with Crippen LogP contribution in [0.15, 0.2) is 65.6 Å². The Hall–Kier alpha value is -3.67. The lowest BCUT2D eigenvalue weighted by Gasteiger charge is -2.26. The van der Waals surface area contributed by atoms with Gasteiger partial charge < -0.3 is 10.1 Å². The van der Waals surface area contributed by atoms with Crippen molar-refractivity contribution in [1.82, 2.24) is 0 Å². The normalized spacial score (nSPS) is 11.7.